The molecule has 0 bridgehead atoms. The number of hydrogen-bond acceptors (Lipinski definition) is 6. The number of nitrogens with one attached hydrogen (secondary N) is 1. The molecule has 0 aliphatic carbocycles. The molecule has 26 heavy (non-hydrogen) atoms. The van der Waals surface area contributed by atoms with E-state index in [4.69, 9.17) is 14.2 Å². The van der Waals surface area contributed by atoms with Gasteiger partial charge < -0.3 is 19.5 Å². The van der Waals surface area contributed by atoms with Crippen LogP contribution in [0.4, 0.5) is 10.1 Å². The minimum absolute atomic E-state index is 0.0301. The molecule has 0 unspecified atom stereocenters. The number of rotatable bonds is 7. The van der Waals surface area contributed by atoms with E-state index in [9.17, 15) is 19.3 Å². The maximum absolute atomic E-state index is 13.4. The predicted molar refractivity (Wildman–Crippen MR) is 90.3 cm³/mol. The number of nitro groups is 1. The van der Waals surface area contributed by atoms with Crippen LogP contribution in [0.5, 0.6) is 17.2 Å². The van der Waals surface area contributed by atoms with E-state index in [1.54, 1.807) is 12.1 Å². The summed E-state index contributed by atoms with van der Waals surface area (Å²) in [4.78, 5) is 22.1. The van der Waals surface area contributed by atoms with Gasteiger partial charge in [0.25, 0.3) is 5.91 Å². The van der Waals surface area contributed by atoms with Crippen LogP contribution in [0.3, 0.4) is 0 Å². The molecule has 0 aliphatic rings. The largest absolute Gasteiger partial charge is 0.496 e. The number of halogens is 1. The van der Waals surface area contributed by atoms with E-state index in [1.165, 1.54) is 27.4 Å². The quantitative estimate of drug-likeness (QED) is 0.599. The highest BCUT2D eigenvalue weighted by Crippen LogP contribution is 2.34. The van der Waals surface area contributed by atoms with Gasteiger partial charge in [-0.1, -0.05) is 0 Å². The number of amides is 1. The van der Waals surface area contributed by atoms with Gasteiger partial charge in [-0.05, 0) is 18.2 Å². The molecular weight excluding hydrogens is 347 g/mol. The van der Waals surface area contributed by atoms with E-state index in [1.807, 2.05) is 0 Å². The van der Waals surface area contributed by atoms with Crippen LogP contribution in [0.1, 0.15) is 15.9 Å². The molecule has 0 aromatic heterocycles. The van der Waals surface area contributed by atoms with Gasteiger partial charge in [0.15, 0.2) is 11.5 Å². The molecule has 9 heteroatoms. The summed E-state index contributed by atoms with van der Waals surface area (Å²) in [5.41, 5.74) is -0.186. The minimum atomic E-state index is -1.01. The van der Waals surface area contributed by atoms with Gasteiger partial charge in [-0.3, -0.25) is 14.9 Å². The van der Waals surface area contributed by atoms with Crippen molar-refractivity contribution in [2.75, 3.05) is 21.3 Å². The summed E-state index contributed by atoms with van der Waals surface area (Å²) < 4.78 is 29.0. The monoisotopic (exact) mass is 364 g/mol. The van der Waals surface area contributed by atoms with Crippen LogP contribution >= 0.6 is 0 Å². The molecule has 0 atom stereocenters. The average molecular weight is 364 g/mol. The Bertz CT molecular complexity index is 840. The second-order valence-corrected chi connectivity index (χ2v) is 5.13. The molecule has 0 saturated heterocycles. The van der Waals surface area contributed by atoms with Crippen LogP contribution in [-0.4, -0.2) is 32.2 Å². The van der Waals surface area contributed by atoms with E-state index in [0.29, 0.717) is 22.8 Å². The van der Waals surface area contributed by atoms with Crippen molar-refractivity contribution in [3.8, 4) is 17.2 Å². The highest BCUT2D eigenvalue weighted by atomic mass is 19.1. The van der Waals surface area contributed by atoms with Gasteiger partial charge in [0.05, 0.1) is 26.3 Å². The summed E-state index contributed by atoms with van der Waals surface area (Å²) >= 11 is 0. The van der Waals surface area contributed by atoms with E-state index >= 15 is 0 Å². The molecule has 138 valence electrons. The summed E-state index contributed by atoms with van der Waals surface area (Å²) in [6.07, 6.45) is 0. The Morgan fingerprint density at radius 2 is 1.69 bits per heavy atom. The second kappa shape index (κ2) is 8.15. The van der Waals surface area contributed by atoms with Gasteiger partial charge in [0.2, 0.25) is 5.82 Å². The Hall–Kier alpha value is -3.36. The molecule has 2 aromatic carbocycles. The zero-order valence-corrected chi connectivity index (χ0v) is 14.4. The van der Waals surface area contributed by atoms with Crippen molar-refractivity contribution in [3.63, 3.8) is 0 Å². The number of carbonyl (C=O) groups is 1. The number of ether oxygens (including phenoxy) is 3. The van der Waals surface area contributed by atoms with Crippen molar-refractivity contribution < 1.29 is 28.3 Å². The number of benzene rings is 2. The summed E-state index contributed by atoms with van der Waals surface area (Å²) in [6, 6.07) is 6.19. The zero-order valence-electron chi connectivity index (χ0n) is 14.4. The first-order valence-corrected chi connectivity index (χ1v) is 7.42. The highest BCUT2D eigenvalue weighted by Gasteiger charge is 2.18. The molecule has 1 N–H and O–H groups in total. The van der Waals surface area contributed by atoms with Crippen molar-refractivity contribution in [2.45, 2.75) is 6.54 Å². The summed E-state index contributed by atoms with van der Waals surface area (Å²) in [7, 11) is 4.43. The predicted octanol–water partition coefficient (Wildman–Crippen LogP) is 2.69. The third kappa shape index (κ3) is 4.00. The van der Waals surface area contributed by atoms with E-state index in [-0.39, 0.29) is 12.1 Å². The molecule has 0 heterocycles. The Labute approximate surface area is 148 Å². The highest BCUT2D eigenvalue weighted by molar-refractivity contribution is 5.94. The Balaban J connectivity index is 2.22. The van der Waals surface area contributed by atoms with Gasteiger partial charge in [-0.15, -0.1) is 0 Å². The van der Waals surface area contributed by atoms with Crippen molar-refractivity contribution in [1.82, 2.24) is 5.32 Å². The lowest BCUT2D eigenvalue weighted by Crippen LogP contribution is -2.23. The topological polar surface area (TPSA) is 99.9 Å². The van der Waals surface area contributed by atoms with Gasteiger partial charge >= 0.3 is 5.69 Å². The second-order valence-electron chi connectivity index (χ2n) is 5.13. The van der Waals surface area contributed by atoms with E-state index < -0.39 is 22.3 Å². The standard InChI is InChI=1S/C17H17FN2O6/c1-24-14-8-16(26-3)15(25-2)7-11(14)9-19-17(21)10-4-5-12(18)13(6-10)20(22)23/h4-8H,9H2,1-3H3,(H,19,21). The van der Waals surface area contributed by atoms with E-state index in [2.05, 4.69) is 5.32 Å². The fourth-order valence-corrected chi connectivity index (χ4v) is 2.30. The summed E-state index contributed by atoms with van der Waals surface area (Å²) in [5, 5.41) is 13.4. The van der Waals surface area contributed by atoms with Gasteiger partial charge in [0, 0.05) is 29.8 Å². The maximum Gasteiger partial charge on any atom is 0.305 e. The Kier molecular flexibility index (Phi) is 5.94. The Morgan fingerprint density at radius 3 is 2.27 bits per heavy atom. The van der Waals surface area contributed by atoms with Gasteiger partial charge in [-0.25, -0.2) is 0 Å². The molecule has 0 aliphatic heterocycles. The summed E-state index contributed by atoms with van der Waals surface area (Å²) in [6.45, 7) is 0.0630. The molecule has 0 radical (unpaired) electrons. The maximum atomic E-state index is 13.4. The Morgan fingerprint density at radius 1 is 1.08 bits per heavy atom. The van der Waals surface area contributed by atoms with Gasteiger partial charge in [-0.2, -0.15) is 4.39 Å². The number of nitrogens with zero attached hydrogens (tertiary/aromatic N) is 1. The van der Waals surface area contributed by atoms with Crippen molar-refractivity contribution >= 4 is 11.6 Å². The molecule has 1 amide bonds. The number of nitro benzene ring substituents is 1. The lowest BCUT2D eigenvalue weighted by Gasteiger charge is -2.14. The molecule has 0 fully saturated rings. The number of carbonyl (C=O) groups excluding carboxylic acids is 1. The van der Waals surface area contributed by atoms with Crippen LogP contribution in [0.2, 0.25) is 0 Å². The van der Waals surface area contributed by atoms with Crippen molar-refractivity contribution in [3.05, 3.63) is 57.4 Å². The zero-order chi connectivity index (χ0) is 19.3. The lowest BCUT2D eigenvalue weighted by molar-refractivity contribution is -0.387. The van der Waals surface area contributed by atoms with Gasteiger partial charge in [0.1, 0.15) is 5.75 Å². The molecule has 8 nitrogen and oxygen atoms in total. The fourth-order valence-electron chi connectivity index (χ4n) is 2.30. The fraction of sp³-hybridized carbons (Fsp3) is 0.235. The molecule has 0 saturated carbocycles. The molecule has 2 rings (SSSR count). The first-order valence-electron chi connectivity index (χ1n) is 7.42. The summed E-state index contributed by atoms with van der Waals surface area (Å²) in [5.74, 6) is -0.213. The minimum Gasteiger partial charge on any atom is -0.496 e. The van der Waals surface area contributed by atoms with Crippen molar-refractivity contribution in [2.24, 2.45) is 0 Å². The van der Waals surface area contributed by atoms with Crippen LogP contribution in [0.25, 0.3) is 0 Å². The number of methoxy groups -OCH3 is 3. The normalized spacial score (nSPS) is 10.2. The van der Waals surface area contributed by atoms with Crippen LogP contribution < -0.4 is 19.5 Å². The SMILES string of the molecule is COc1cc(OC)c(OC)cc1CNC(=O)c1ccc(F)c([N+](=O)[O-])c1. The average Bonchev–Trinajstić information content (AvgIpc) is 2.65. The molecule has 0 spiro atoms. The van der Waals surface area contributed by atoms with E-state index in [0.717, 1.165) is 12.1 Å². The van der Waals surface area contributed by atoms with Crippen molar-refractivity contribution in [1.29, 1.82) is 0 Å². The number of hydrogen-bond donors (Lipinski definition) is 1. The van der Waals surface area contributed by atoms with Crippen LogP contribution in [-0.2, 0) is 6.54 Å². The van der Waals surface area contributed by atoms with Crippen LogP contribution in [0.15, 0.2) is 30.3 Å². The molecule has 2 aromatic rings. The lowest BCUT2D eigenvalue weighted by atomic mass is 10.1. The third-order valence-corrected chi connectivity index (χ3v) is 3.63. The smallest absolute Gasteiger partial charge is 0.305 e. The third-order valence-electron chi connectivity index (χ3n) is 3.63. The molecular formula is C17H17FN2O6. The first kappa shape index (κ1) is 19.0. The van der Waals surface area contributed by atoms with Crippen LogP contribution in [0, 0.1) is 15.9 Å². The first-order chi connectivity index (χ1) is 12.4.